The van der Waals surface area contributed by atoms with Crippen molar-refractivity contribution in [2.24, 2.45) is 0 Å². The summed E-state index contributed by atoms with van der Waals surface area (Å²) >= 11 is 0. The van der Waals surface area contributed by atoms with Crippen molar-refractivity contribution in [3.8, 4) is 5.75 Å². The first-order valence-corrected chi connectivity index (χ1v) is 10.7. The second kappa shape index (κ2) is 9.29. The Kier molecular flexibility index (Phi) is 6.44. The van der Waals surface area contributed by atoms with Gasteiger partial charge in [0.25, 0.3) is 0 Å². The third-order valence-electron chi connectivity index (χ3n) is 5.78. The SMILES string of the molecule is C.COc1ccc(Cn2c(=O)n3ncnc3c3cc(CN4C[C@@H](C)O[C@@H](C)C4)cnc32)cc1. The van der Waals surface area contributed by atoms with Crippen molar-refractivity contribution < 1.29 is 9.47 Å². The van der Waals surface area contributed by atoms with E-state index in [9.17, 15) is 4.79 Å². The Bertz CT molecular complexity index is 1300. The highest BCUT2D eigenvalue weighted by Gasteiger charge is 2.23. The largest absolute Gasteiger partial charge is 0.497 e. The third kappa shape index (κ3) is 4.46. The number of ether oxygens (including phenoxy) is 2. The normalized spacial score (nSPS) is 19.0. The molecule has 9 nitrogen and oxygen atoms in total. The zero-order valence-corrected chi connectivity index (χ0v) is 18.4. The molecule has 0 aliphatic carbocycles. The fraction of sp³-hybridized carbons (Fsp3) is 0.417. The standard InChI is InChI=1S/C23H26N6O3.CH4/c1-15-10-27(11-16(2)32-15)12-18-8-20-21(24-9-18)28(23(30)29-22(20)25-14-26-29)13-17-4-6-19(31-3)7-5-17;/h4-9,14-16H,10-13H2,1-3H3;1H4/t15-,16+;. The monoisotopic (exact) mass is 450 g/mol. The van der Waals surface area contributed by atoms with Crippen LogP contribution < -0.4 is 10.4 Å². The molecule has 9 heteroatoms. The summed E-state index contributed by atoms with van der Waals surface area (Å²) in [6.07, 6.45) is 3.66. The predicted octanol–water partition coefficient (Wildman–Crippen LogP) is 2.74. The van der Waals surface area contributed by atoms with Crippen molar-refractivity contribution in [1.82, 2.24) is 29.0 Å². The molecule has 1 fully saturated rings. The third-order valence-corrected chi connectivity index (χ3v) is 5.78. The van der Waals surface area contributed by atoms with Gasteiger partial charge in [0.15, 0.2) is 5.65 Å². The van der Waals surface area contributed by atoms with Crippen LogP contribution in [0.5, 0.6) is 5.75 Å². The quantitative estimate of drug-likeness (QED) is 0.462. The number of benzene rings is 1. The molecule has 0 saturated carbocycles. The number of morpholine rings is 1. The minimum Gasteiger partial charge on any atom is -0.497 e. The number of nitrogens with zero attached hydrogens (tertiary/aromatic N) is 6. The van der Waals surface area contributed by atoms with Crippen LogP contribution in [0.1, 0.15) is 32.4 Å². The Labute approximate surface area is 192 Å². The van der Waals surface area contributed by atoms with Crippen LogP contribution >= 0.6 is 0 Å². The molecule has 0 amide bonds. The second-order valence-corrected chi connectivity index (χ2v) is 8.38. The number of hydrogen-bond donors (Lipinski definition) is 0. The van der Waals surface area contributed by atoms with Crippen molar-refractivity contribution in [1.29, 1.82) is 0 Å². The molecule has 1 aliphatic rings. The molecule has 1 aliphatic heterocycles. The molecular weight excluding hydrogens is 420 g/mol. The molecule has 1 saturated heterocycles. The molecule has 174 valence electrons. The topological polar surface area (TPSA) is 86.8 Å². The van der Waals surface area contributed by atoms with E-state index in [0.29, 0.717) is 17.8 Å². The van der Waals surface area contributed by atoms with Crippen LogP contribution in [0.2, 0.25) is 0 Å². The maximum absolute atomic E-state index is 13.1. The number of rotatable bonds is 5. The number of aromatic nitrogens is 5. The van der Waals surface area contributed by atoms with Crippen molar-refractivity contribution in [2.75, 3.05) is 20.2 Å². The molecule has 0 spiro atoms. The van der Waals surface area contributed by atoms with E-state index in [0.717, 1.165) is 41.9 Å². The molecule has 0 N–H and O–H groups in total. The van der Waals surface area contributed by atoms with Gasteiger partial charge >= 0.3 is 5.69 Å². The second-order valence-electron chi connectivity index (χ2n) is 8.38. The first-order chi connectivity index (χ1) is 15.5. The summed E-state index contributed by atoms with van der Waals surface area (Å²) in [7, 11) is 1.63. The molecule has 1 aromatic carbocycles. The van der Waals surface area contributed by atoms with Gasteiger partial charge in [0.05, 0.1) is 31.2 Å². The molecule has 3 aromatic heterocycles. The fourth-order valence-electron chi connectivity index (χ4n) is 4.46. The van der Waals surface area contributed by atoms with E-state index in [1.54, 1.807) is 11.7 Å². The van der Waals surface area contributed by atoms with Gasteiger partial charge in [-0.1, -0.05) is 19.6 Å². The minimum absolute atomic E-state index is 0. The Balaban J connectivity index is 0.00000259. The van der Waals surface area contributed by atoms with Crippen molar-refractivity contribution in [3.63, 3.8) is 0 Å². The first kappa shape index (κ1) is 22.9. The Hall–Kier alpha value is -3.30. The molecule has 5 rings (SSSR count). The van der Waals surface area contributed by atoms with Crippen LogP contribution in [0.3, 0.4) is 0 Å². The van der Waals surface area contributed by atoms with Crippen LogP contribution in [-0.4, -0.2) is 61.5 Å². The number of methoxy groups -OCH3 is 1. The van der Waals surface area contributed by atoms with Crippen LogP contribution in [0, 0.1) is 0 Å². The molecule has 33 heavy (non-hydrogen) atoms. The Morgan fingerprint density at radius 1 is 1.03 bits per heavy atom. The average molecular weight is 451 g/mol. The molecule has 0 unspecified atom stereocenters. The molecule has 2 atom stereocenters. The Morgan fingerprint density at radius 3 is 2.45 bits per heavy atom. The van der Waals surface area contributed by atoms with Gasteiger partial charge < -0.3 is 9.47 Å². The van der Waals surface area contributed by atoms with Gasteiger partial charge in [0, 0.05) is 25.8 Å². The highest BCUT2D eigenvalue weighted by molar-refractivity contribution is 5.89. The summed E-state index contributed by atoms with van der Waals surface area (Å²) in [6.45, 7) is 7.08. The fourth-order valence-corrected chi connectivity index (χ4v) is 4.46. The van der Waals surface area contributed by atoms with Crippen molar-refractivity contribution in [2.45, 2.75) is 46.6 Å². The van der Waals surface area contributed by atoms with Crippen LogP contribution in [-0.2, 0) is 17.8 Å². The summed E-state index contributed by atoms with van der Waals surface area (Å²) in [4.78, 5) is 24.6. The lowest BCUT2D eigenvalue weighted by molar-refractivity contribution is -0.0705. The average Bonchev–Trinajstić information content (AvgIpc) is 3.27. The van der Waals surface area contributed by atoms with Crippen LogP contribution in [0.15, 0.2) is 47.7 Å². The van der Waals surface area contributed by atoms with E-state index < -0.39 is 0 Å². The van der Waals surface area contributed by atoms with E-state index in [1.165, 1.54) is 10.8 Å². The first-order valence-electron chi connectivity index (χ1n) is 10.7. The predicted molar refractivity (Wildman–Crippen MR) is 127 cm³/mol. The van der Waals surface area contributed by atoms with E-state index in [4.69, 9.17) is 14.5 Å². The lowest BCUT2D eigenvalue weighted by Crippen LogP contribution is -2.44. The maximum atomic E-state index is 13.1. The smallest absolute Gasteiger partial charge is 0.352 e. The maximum Gasteiger partial charge on any atom is 0.352 e. The molecule has 4 aromatic rings. The number of fused-ring (bicyclic) bond motifs is 3. The lowest BCUT2D eigenvalue weighted by atomic mass is 10.1. The molecule has 0 bridgehead atoms. The van der Waals surface area contributed by atoms with Gasteiger partial charge in [-0.25, -0.2) is 14.8 Å². The van der Waals surface area contributed by atoms with Gasteiger partial charge in [-0.3, -0.25) is 9.47 Å². The minimum atomic E-state index is -0.267. The van der Waals surface area contributed by atoms with Crippen LogP contribution in [0.25, 0.3) is 16.7 Å². The van der Waals surface area contributed by atoms with Crippen molar-refractivity contribution >= 4 is 16.7 Å². The lowest BCUT2D eigenvalue weighted by Gasteiger charge is -2.35. The summed E-state index contributed by atoms with van der Waals surface area (Å²) in [5.41, 5.74) is 2.89. The van der Waals surface area contributed by atoms with Gasteiger partial charge in [-0.05, 0) is 43.2 Å². The number of hydrogen-bond acceptors (Lipinski definition) is 7. The van der Waals surface area contributed by atoms with Gasteiger partial charge in [0.1, 0.15) is 17.7 Å². The summed E-state index contributed by atoms with van der Waals surface area (Å²) in [6, 6.07) is 9.72. The molecule has 0 radical (unpaired) electrons. The Morgan fingerprint density at radius 2 is 1.76 bits per heavy atom. The summed E-state index contributed by atoms with van der Waals surface area (Å²) in [5, 5.41) is 4.97. The molecular formula is C24H30N6O3. The molecule has 4 heterocycles. The summed E-state index contributed by atoms with van der Waals surface area (Å²) in [5.74, 6) is 0.771. The highest BCUT2D eigenvalue weighted by Crippen LogP contribution is 2.20. The summed E-state index contributed by atoms with van der Waals surface area (Å²) < 4.78 is 14.1. The van der Waals surface area contributed by atoms with E-state index in [1.807, 2.05) is 30.5 Å². The van der Waals surface area contributed by atoms with Gasteiger partial charge in [-0.2, -0.15) is 9.61 Å². The zero-order valence-electron chi connectivity index (χ0n) is 18.4. The van der Waals surface area contributed by atoms with Gasteiger partial charge in [0.2, 0.25) is 0 Å². The van der Waals surface area contributed by atoms with E-state index in [-0.39, 0.29) is 25.3 Å². The van der Waals surface area contributed by atoms with Gasteiger partial charge in [-0.15, -0.1) is 0 Å². The highest BCUT2D eigenvalue weighted by atomic mass is 16.5. The van der Waals surface area contributed by atoms with E-state index >= 15 is 0 Å². The van der Waals surface area contributed by atoms with Crippen molar-refractivity contribution in [3.05, 3.63) is 64.5 Å². The zero-order chi connectivity index (χ0) is 22.2. The van der Waals surface area contributed by atoms with E-state index in [2.05, 4.69) is 34.9 Å². The van der Waals surface area contributed by atoms with Crippen LogP contribution in [0.4, 0.5) is 0 Å². The number of pyridine rings is 1.